The highest BCUT2D eigenvalue weighted by Gasteiger charge is 2.43. The van der Waals surface area contributed by atoms with E-state index in [0.717, 1.165) is 0 Å². The number of ether oxygens (including phenoxy) is 3. The molecule has 0 saturated carbocycles. The number of carbonyl (C=O) groups is 3. The molecule has 2 heterocycles. The van der Waals surface area contributed by atoms with Crippen LogP contribution < -0.4 is 15.4 Å². The van der Waals surface area contributed by atoms with Crippen LogP contribution in [0.4, 0.5) is 5.69 Å². The molecular weight excluding hydrogens is 474 g/mol. The molecule has 2 aromatic carbocycles. The van der Waals surface area contributed by atoms with E-state index in [-0.39, 0.29) is 40.6 Å². The van der Waals surface area contributed by atoms with Crippen molar-refractivity contribution in [3.8, 4) is 11.8 Å². The van der Waals surface area contributed by atoms with Gasteiger partial charge in [0.2, 0.25) is 0 Å². The summed E-state index contributed by atoms with van der Waals surface area (Å²) in [7, 11) is 2.36. The first-order chi connectivity index (χ1) is 17.7. The van der Waals surface area contributed by atoms with E-state index in [1.807, 2.05) is 13.8 Å². The highest BCUT2D eigenvalue weighted by molar-refractivity contribution is 6.07. The molecule has 190 valence electrons. The van der Waals surface area contributed by atoms with Gasteiger partial charge in [0.15, 0.2) is 5.78 Å². The molecule has 0 spiro atoms. The number of hydrogen-bond donors (Lipinski definition) is 1. The minimum Gasteiger partial charge on any atom is -0.486 e. The van der Waals surface area contributed by atoms with Gasteiger partial charge in [-0.15, -0.1) is 0 Å². The quantitative estimate of drug-likeness (QED) is 0.609. The van der Waals surface area contributed by atoms with Gasteiger partial charge in [-0.3, -0.25) is 9.69 Å². The second-order valence-electron chi connectivity index (χ2n) is 9.02. The fourth-order valence-corrected chi connectivity index (χ4v) is 4.68. The Hall–Kier alpha value is -4.58. The van der Waals surface area contributed by atoms with E-state index >= 15 is 0 Å². The van der Waals surface area contributed by atoms with Crippen molar-refractivity contribution in [2.75, 3.05) is 19.1 Å². The van der Waals surface area contributed by atoms with Crippen LogP contribution in [0.15, 0.2) is 71.2 Å². The van der Waals surface area contributed by atoms with Gasteiger partial charge >= 0.3 is 11.9 Å². The van der Waals surface area contributed by atoms with Crippen molar-refractivity contribution in [3.05, 3.63) is 82.3 Å². The fraction of sp³-hybridized carbons (Fsp3) is 0.286. The number of nitrogens with zero attached hydrogens (tertiary/aromatic N) is 2. The molecule has 2 unspecified atom stereocenters. The molecule has 0 fully saturated rings. The van der Waals surface area contributed by atoms with Gasteiger partial charge < -0.3 is 19.9 Å². The Bertz CT molecular complexity index is 1390. The van der Waals surface area contributed by atoms with Gasteiger partial charge in [-0.25, -0.2) is 9.59 Å². The second kappa shape index (κ2) is 9.82. The Labute approximate surface area is 214 Å². The Morgan fingerprint density at radius 3 is 2.43 bits per heavy atom. The van der Waals surface area contributed by atoms with Gasteiger partial charge in [0.05, 0.1) is 49.3 Å². The molecule has 4 rings (SSSR count). The zero-order valence-electron chi connectivity index (χ0n) is 21.0. The summed E-state index contributed by atoms with van der Waals surface area (Å²) in [5.41, 5.74) is 6.79. The summed E-state index contributed by atoms with van der Waals surface area (Å²) in [5, 5.41) is 10.2. The molecule has 0 bridgehead atoms. The normalized spacial score (nSPS) is 21.1. The van der Waals surface area contributed by atoms with Crippen LogP contribution >= 0.6 is 0 Å². The molecule has 0 aliphatic carbocycles. The minimum absolute atomic E-state index is 0.0399. The van der Waals surface area contributed by atoms with E-state index in [0.29, 0.717) is 23.3 Å². The first kappa shape index (κ1) is 25.5. The molecule has 0 saturated heterocycles. The van der Waals surface area contributed by atoms with E-state index in [1.54, 1.807) is 42.5 Å². The highest BCUT2D eigenvalue weighted by Crippen LogP contribution is 2.44. The van der Waals surface area contributed by atoms with Crippen LogP contribution in [0.1, 0.15) is 48.5 Å². The van der Waals surface area contributed by atoms with Crippen LogP contribution in [0.25, 0.3) is 0 Å². The standard InChI is InChI=1S/C28H27N3O6/c1-5-28(2)14-20(32)18-13-17(11-12-21(18)37-28)31-24(27(34)36-4)23(26(33)35-3)22(19(15-29)25(31)30)16-9-7-6-8-10-16/h6-13,22H,5,14,30H2,1-4H3. The zero-order valence-corrected chi connectivity index (χ0v) is 21.0. The van der Waals surface area contributed by atoms with E-state index in [2.05, 4.69) is 6.07 Å². The summed E-state index contributed by atoms with van der Waals surface area (Å²) in [6.07, 6.45) is 0.823. The molecule has 9 heteroatoms. The van der Waals surface area contributed by atoms with Crippen molar-refractivity contribution in [1.29, 1.82) is 5.26 Å². The van der Waals surface area contributed by atoms with Gasteiger partial charge in [-0.1, -0.05) is 37.3 Å². The molecule has 0 radical (unpaired) electrons. The maximum absolute atomic E-state index is 13.2. The van der Waals surface area contributed by atoms with Crippen molar-refractivity contribution in [3.63, 3.8) is 0 Å². The lowest BCUT2D eigenvalue weighted by molar-refractivity contribution is -0.139. The average Bonchev–Trinajstić information content (AvgIpc) is 2.91. The molecule has 2 N–H and O–H groups in total. The summed E-state index contributed by atoms with van der Waals surface area (Å²) >= 11 is 0. The highest BCUT2D eigenvalue weighted by atomic mass is 16.5. The van der Waals surface area contributed by atoms with Crippen molar-refractivity contribution in [1.82, 2.24) is 0 Å². The molecule has 2 atom stereocenters. The molecule has 2 aliphatic heterocycles. The number of allylic oxidation sites excluding steroid dienone is 1. The van der Waals surface area contributed by atoms with Crippen molar-refractivity contribution < 1.29 is 28.6 Å². The van der Waals surface area contributed by atoms with Crippen LogP contribution in [-0.2, 0) is 19.1 Å². The topological polar surface area (TPSA) is 132 Å². The molecule has 0 amide bonds. The number of methoxy groups -OCH3 is 2. The number of ketones is 1. The number of esters is 2. The smallest absolute Gasteiger partial charge is 0.355 e. The zero-order chi connectivity index (χ0) is 26.9. The van der Waals surface area contributed by atoms with Gasteiger partial charge in [0.25, 0.3) is 0 Å². The van der Waals surface area contributed by atoms with Gasteiger partial charge in [-0.05, 0) is 37.1 Å². The third-order valence-corrected chi connectivity index (χ3v) is 6.77. The number of Topliss-reactive ketones (excluding diaryl/α,β-unsaturated/α-hetero) is 1. The summed E-state index contributed by atoms with van der Waals surface area (Å²) in [4.78, 5) is 40.7. The van der Waals surface area contributed by atoms with Crippen LogP contribution in [-0.4, -0.2) is 37.5 Å². The number of anilines is 1. The number of rotatable bonds is 5. The third kappa shape index (κ3) is 4.31. The molecule has 2 aromatic rings. The van der Waals surface area contributed by atoms with Crippen molar-refractivity contribution >= 4 is 23.4 Å². The Balaban J connectivity index is 1.99. The number of nitriles is 1. The molecule has 37 heavy (non-hydrogen) atoms. The fourth-order valence-electron chi connectivity index (χ4n) is 4.68. The molecule has 9 nitrogen and oxygen atoms in total. The van der Waals surface area contributed by atoms with E-state index in [1.165, 1.54) is 25.2 Å². The number of fused-ring (bicyclic) bond motifs is 1. The van der Waals surface area contributed by atoms with Crippen LogP contribution in [0.3, 0.4) is 0 Å². The van der Waals surface area contributed by atoms with Crippen LogP contribution in [0, 0.1) is 11.3 Å². The maximum Gasteiger partial charge on any atom is 0.355 e. The van der Waals surface area contributed by atoms with Gasteiger partial charge in [-0.2, -0.15) is 5.26 Å². The number of carbonyl (C=O) groups excluding carboxylic acids is 3. The number of hydrogen-bond acceptors (Lipinski definition) is 9. The second-order valence-corrected chi connectivity index (χ2v) is 9.02. The Morgan fingerprint density at radius 2 is 1.84 bits per heavy atom. The van der Waals surface area contributed by atoms with E-state index in [9.17, 15) is 19.6 Å². The number of nitrogens with two attached hydrogens (primary N) is 1. The average molecular weight is 502 g/mol. The minimum atomic E-state index is -0.975. The number of benzene rings is 2. The first-order valence-electron chi connectivity index (χ1n) is 11.7. The van der Waals surface area contributed by atoms with E-state index in [4.69, 9.17) is 19.9 Å². The van der Waals surface area contributed by atoms with Crippen molar-refractivity contribution in [2.45, 2.75) is 38.2 Å². The lowest BCUT2D eigenvalue weighted by atomic mass is 9.80. The summed E-state index contributed by atoms with van der Waals surface area (Å²) in [6, 6.07) is 15.6. The van der Waals surface area contributed by atoms with Gasteiger partial charge in [0, 0.05) is 5.69 Å². The first-order valence-corrected chi connectivity index (χ1v) is 11.7. The van der Waals surface area contributed by atoms with Gasteiger partial charge in [0.1, 0.15) is 22.9 Å². The lowest BCUT2D eigenvalue weighted by Crippen LogP contribution is -2.41. The summed E-state index contributed by atoms with van der Waals surface area (Å²) in [5.74, 6) is -2.46. The van der Waals surface area contributed by atoms with Crippen molar-refractivity contribution in [2.24, 2.45) is 5.73 Å². The largest absolute Gasteiger partial charge is 0.486 e. The molecular formula is C28H27N3O6. The summed E-state index contributed by atoms with van der Waals surface area (Å²) in [6.45, 7) is 3.82. The predicted octanol–water partition coefficient (Wildman–Crippen LogP) is 3.72. The summed E-state index contributed by atoms with van der Waals surface area (Å²) < 4.78 is 16.2. The molecule has 0 aromatic heterocycles. The SMILES string of the molecule is CCC1(C)CC(=O)c2cc(N3C(N)=C(C#N)C(c4ccccc4)C(C(=O)OC)=C3C(=O)OC)ccc2O1. The van der Waals surface area contributed by atoms with Crippen LogP contribution in [0.5, 0.6) is 5.75 Å². The third-order valence-electron chi connectivity index (χ3n) is 6.77. The van der Waals surface area contributed by atoms with Crippen LogP contribution in [0.2, 0.25) is 0 Å². The monoisotopic (exact) mass is 501 g/mol. The Morgan fingerprint density at radius 1 is 1.16 bits per heavy atom. The molecule has 2 aliphatic rings. The lowest BCUT2D eigenvalue weighted by Gasteiger charge is -2.37. The predicted molar refractivity (Wildman–Crippen MR) is 134 cm³/mol. The van der Waals surface area contributed by atoms with E-state index < -0.39 is 23.5 Å². The maximum atomic E-state index is 13.2. The Kier molecular flexibility index (Phi) is 6.77.